The minimum absolute atomic E-state index is 0.600. The quantitative estimate of drug-likeness (QED) is 0.144. The number of aromatic nitrogens is 6. The zero-order valence-corrected chi connectivity index (χ0v) is 34.6. The smallest absolute Gasteiger partial charge is 0.164 e. The molecule has 0 bridgehead atoms. The third kappa shape index (κ3) is 7.72. The number of rotatable bonds is 9. The van der Waals surface area contributed by atoms with Crippen molar-refractivity contribution < 1.29 is 0 Å². The first-order valence-electron chi connectivity index (χ1n) is 21.3. The van der Waals surface area contributed by atoms with Gasteiger partial charge in [-0.3, -0.25) is 9.97 Å². The normalized spacial score (nSPS) is 11.1. The Labute approximate surface area is 371 Å². The molecule has 300 valence electrons. The second-order valence-corrected chi connectivity index (χ2v) is 15.5. The number of nitrogens with zero attached hydrogens (tertiary/aromatic N) is 6. The van der Waals surface area contributed by atoms with Gasteiger partial charge in [-0.2, -0.15) is 0 Å². The Morgan fingerprint density at radius 1 is 0.219 bits per heavy atom. The van der Waals surface area contributed by atoms with Crippen LogP contribution in [-0.4, -0.2) is 29.9 Å². The lowest BCUT2D eigenvalue weighted by Gasteiger charge is -2.15. The average Bonchev–Trinajstić information content (AvgIpc) is 3.39. The van der Waals surface area contributed by atoms with E-state index in [1.165, 1.54) is 0 Å². The monoisotopic (exact) mass is 818 g/mol. The highest BCUT2D eigenvalue weighted by Crippen LogP contribution is 2.39. The molecule has 0 aliphatic carbocycles. The Kier molecular flexibility index (Phi) is 10.1. The van der Waals surface area contributed by atoms with Crippen LogP contribution >= 0.6 is 0 Å². The molecule has 4 aromatic heterocycles. The lowest BCUT2D eigenvalue weighted by atomic mass is 9.91. The molecule has 0 aliphatic rings. The molecule has 11 rings (SSSR count). The number of hydrogen-bond acceptors (Lipinski definition) is 6. The molecule has 6 nitrogen and oxygen atoms in total. The molecule has 0 saturated carbocycles. The van der Waals surface area contributed by atoms with Crippen LogP contribution in [0.5, 0.6) is 0 Å². The van der Waals surface area contributed by atoms with Gasteiger partial charge >= 0.3 is 0 Å². The molecular weight excluding hydrogens is 781 g/mol. The third-order valence-electron chi connectivity index (χ3n) is 11.5. The van der Waals surface area contributed by atoms with Crippen LogP contribution < -0.4 is 0 Å². The lowest BCUT2D eigenvalue weighted by Crippen LogP contribution is -2.00. The average molecular weight is 819 g/mol. The first-order chi connectivity index (χ1) is 31.7. The summed E-state index contributed by atoms with van der Waals surface area (Å²) >= 11 is 0. The summed E-state index contributed by atoms with van der Waals surface area (Å²) in [5.74, 6) is 1.82. The number of benzene rings is 7. The van der Waals surface area contributed by atoms with Crippen molar-refractivity contribution in [1.29, 1.82) is 0 Å². The van der Waals surface area contributed by atoms with Crippen LogP contribution in [0.1, 0.15) is 0 Å². The van der Waals surface area contributed by atoms with E-state index in [9.17, 15) is 0 Å². The molecule has 0 radical (unpaired) electrons. The zero-order valence-electron chi connectivity index (χ0n) is 34.6. The van der Waals surface area contributed by atoms with Crippen molar-refractivity contribution in [3.05, 3.63) is 231 Å². The maximum atomic E-state index is 5.15. The van der Waals surface area contributed by atoms with E-state index >= 15 is 0 Å². The molecule has 64 heavy (non-hydrogen) atoms. The van der Waals surface area contributed by atoms with E-state index < -0.39 is 0 Å². The summed E-state index contributed by atoms with van der Waals surface area (Å²) in [5, 5.41) is 2.25. The van der Waals surface area contributed by atoms with Gasteiger partial charge in [0.2, 0.25) is 0 Å². The molecule has 0 atom stereocenters. The molecular formula is C58H38N6. The molecule has 0 N–H and O–H groups in total. The maximum Gasteiger partial charge on any atom is 0.164 e. The molecule has 7 aromatic carbocycles. The van der Waals surface area contributed by atoms with E-state index in [-0.39, 0.29) is 0 Å². The summed E-state index contributed by atoms with van der Waals surface area (Å²) < 4.78 is 0. The largest absolute Gasteiger partial charge is 0.255 e. The Morgan fingerprint density at radius 3 is 1.09 bits per heavy atom. The molecule has 6 heteroatoms. The Hall–Kier alpha value is -8.74. The predicted molar refractivity (Wildman–Crippen MR) is 260 cm³/mol. The Morgan fingerprint density at radius 2 is 0.609 bits per heavy atom. The summed E-state index contributed by atoms with van der Waals surface area (Å²) in [4.78, 5) is 29.7. The summed E-state index contributed by atoms with van der Waals surface area (Å²) in [6, 6.07) is 75.2. The van der Waals surface area contributed by atoms with Crippen molar-refractivity contribution in [3.63, 3.8) is 0 Å². The van der Waals surface area contributed by atoms with Crippen molar-refractivity contribution in [2.24, 2.45) is 0 Å². The summed E-state index contributed by atoms with van der Waals surface area (Å²) in [7, 11) is 0. The number of pyridine rings is 3. The van der Waals surface area contributed by atoms with E-state index in [2.05, 4.69) is 180 Å². The van der Waals surface area contributed by atoms with Gasteiger partial charge in [-0.25, -0.2) is 19.9 Å². The molecule has 0 amide bonds. The van der Waals surface area contributed by atoms with Gasteiger partial charge in [0.1, 0.15) is 0 Å². The SMILES string of the molecule is c1ccc(-c2ccc(-c3nc(-c4ccc(-c5ccccc5)cc4)nc(-c4cccc(-c5ccc(-c6cc(-c7ccccn7)nc(-c7ccccn7)c6)c6ccccc56)c4)n3)cc2)cc1. The molecule has 11 aromatic rings. The van der Waals surface area contributed by atoms with Crippen LogP contribution in [0.3, 0.4) is 0 Å². The van der Waals surface area contributed by atoms with Crippen molar-refractivity contribution in [2.45, 2.75) is 0 Å². The van der Waals surface area contributed by atoms with Gasteiger partial charge in [0.25, 0.3) is 0 Å². The van der Waals surface area contributed by atoms with Crippen molar-refractivity contribution in [3.8, 4) is 101 Å². The third-order valence-corrected chi connectivity index (χ3v) is 11.5. The molecule has 0 unspecified atom stereocenters. The molecule has 0 saturated heterocycles. The van der Waals surface area contributed by atoms with Gasteiger partial charge in [-0.05, 0) is 97.7 Å². The maximum absolute atomic E-state index is 5.15. The highest BCUT2D eigenvalue weighted by Gasteiger charge is 2.17. The van der Waals surface area contributed by atoms with Gasteiger partial charge in [-0.1, -0.05) is 176 Å². The van der Waals surface area contributed by atoms with Crippen molar-refractivity contribution >= 4 is 10.8 Å². The zero-order chi connectivity index (χ0) is 42.7. The molecule has 0 fully saturated rings. The van der Waals surface area contributed by atoms with Crippen LogP contribution in [0.25, 0.3) is 112 Å². The van der Waals surface area contributed by atoms with Crippen LogP contribution in [0, 0.1) is 0 Å². The fourth-order valence-electron chi connectivity index (χ4n) is 8.25. The van der Waals surface area contributed by atoms with Gasteiger partial charge in [0.05, 0.1) is 22.8 Å². The lowest BCUT2D eigenvalue weighted by molar-refractivity contribution is 1.07. The predicted octanol–water partition coefficient (Wildman–Crippen LogP) is 14.2. The van der Waals surface area contributed by atoms with Crippen molar-refractivity contribution in [1.82, 2.24) is 29.9 Å². The van der Waals surface area contributed by atoms with Crippen LogP contribution in [-0.2, 0) is 0 Å². The van der Waals surface area contributed by atoms with Crippen molar-refractivity contribution in [2.75, 3.05) is 0 Å². The second-order valence-electron chi connectivity index (χ2n) is 15.5. The number of fused-ring (bicyclic) bond motifs is 1. The van der Waals surface area contributed by atoms with Crippen LogP contribution in [0.15, 0.2) is 231 Å². The topological polar surface area (TPSA) is 77.3 Å². The molecule has 0 spiro atoms. The van der Waals surface area contributed by atoms with Gasteiger partial charge in [0, 0.05) is 29.1 Å². The summed E-state index contributed by atoms with van der Waals surface area (Å²) in [6.45, 7) is 0. The van der Waals surface area contributed by atoms with Crippen LogP contribution in [0.2, 0.25) is 0 Å². The Bertz CT molecular complexity index is 3240. The fraction of sp³-hybridized carbons (Fsp3) is 0. The molecule has 0 aliphatic heterocycles. The first-order valence-corrected chi connectivity index (χ1v) is 21.3. The standard InChI is InChI=1S/C58H38N6/c1-3-14-39(15-4-1)41-24-28-43(29-25-41)56-62-57(44-30-26-42(27-31-44)40-16-5-2-6-17-40)64-58(63-56)46-19-13-18-45(36-46)48-32-33-49(51-21-8-7-20-50(48)51)47-37-54(52-22-9-11-34-59-52)61-55(38-47)53-23-10-12-35-60-53/h1-38H. The van der Waals surface area contributed by atoms with Gasteiger partial charge in [0.15, 0.2) is 17.5 Å². The highest BCUT2D eigenvalue weighted by atomic mass is 15.0. The number of hydrogen-bond donors (Lipinski definition) is 0. The second kappa shape index (κ2) is 17.0. The Balaban J connectivity index is 1.01. The van der Waals surface area contributed by atoms with Gasteiger partial charge in [-0.15, -0.1) is 0 Å². The van der Waals surface area contributed by atoms with Crippen LogP contribution in [0.4, 0.5) is 0 Å². The van der Waals surface area contributed by atoms with E-state index in [1.54, 1.807) is 12.4 Å². The molecule has 4 heterocycles. The van der Waals surface area contributed by atoms with E-state index in [4.69, 9.17) is 19.9 Å². The highest BCUT2D eigenvalue weighted by molar-refractivity contribution is 6.05. The minimum atomic E-state index is 0.600. The first kappa shape index (κ1) is 38.2. The summed E-state index contributed by atoms with van der Waals surface area (Å²) in [5.41, 5.74) is 14.8. The van der Waals surface area contributed by atoms with E-state index in [0.717, 1.165) is 94.7 Å². The summed E-state index contributed by atoms with van der Waals surface area (Å²) in [6.07, 6.45) is 3.60. The minimum Gasteiger partial charge on any atom is -0.255 e. The fourth-order valence-corrected chi connectivity index (χ4v) is 8.25. The van der Waals surface area contributed by atoms with Gasteiger partial charge < -0.3 is 0 Å². The van der Waals surface area contributed by atoms with E-state index in [0.29, 0.717) is 17.5 Å². The van der Waals surface area contributed by atoms with E-state index in [1.807, 2.05) is 48.5 Å².